The summed E-state index contributed by atoms with van der Waals surface area (Å²) in [6.07, 6.45) is 2.34. The highest BCUT2D eigenvalue weighted by Gasteiger charge is 2.56. The van der Waals surface area contributed by atoms with Gasteiger partial charge in [-0.25, -0.2) is 14.5 Å². The van der Waals surface area contributed by atoms with Crippen LogP contribution in [0.25, 0.3) is 10.8 Å². The number of carbonyl (C=O) groups excluding carboxylic acids is 3. The topological polar surface area (TPSA) is 110 Å². The molecular weight excluding hydrogens is 448 g/mol. The van der Waals surface area contributed by atoms with Gasteiger partial charge in [0.05, 0.1) is 5.92 Å². The molecule has 3 saturated heterocycles. The predicted molar refractivity (Wildman–Crippen MR) is 129 cm³/mol. The smallest absolute Gasteiger partial charge is 0.327 e. The minimum atomic E-state index is -1.14. The number of piperidine rings is 1. The van der Waals surface area contributed by atoms with Crippen LogP contribution in [0.1, 0.15) is 29.6 Å². The second kappa shape index (κ2) is 9.65. The lowest BCUT2D eigenvalue weighted by molar-refractivity contribution is -0.167. The van der Waals surface area contributed by atoms with E-state index in [1.165, 1.54) is 4.90 Å². The predicted octanol–water partition coefficient (Wildman–Crippen LogP) is 2.02. The molecule has 184 valence electrons. The minimum Gasteiger partial charge on any atom is -0.480 e. The highest BCUT2D eigenvalue weighted by molar-refractivity contribution is 6.07. The van der Waals surface area contributed by atoms with Crippen molar-refractivity contribution in [3.05, 3.63) is 48.0 Å². The van der Waals surface area contributed by atoms with E-state index in [0.29, 0.717) is 31.0 Å². The molecule has 2 aromatic rings. The molecule has 0 aliphatic carbocycles. The summed E-state index contributed by atoms with van der Waals surface area (Å²) in [4.78, 5) is 55.0. The average Bonchev–Trinajstić information content (AvgIpc) is 2.89. The average molecular weight is 479 g/mol. The fraction of sp³-hybridized carbons (Fsp3) is 0.462. The summed E-state index contributed by atoms with van der Waals surface area (Å²) in [7, 11) is 0. The fourth-order valence-electron chi connectivity index (χ4n) is 5.51. The number of amides is 4. The summed E-state index contributed by atoms with van der Waals surface area (Å²) in [6.45, 7) is 2.91. The number of carboxylic acid groups (broad SMARTS) is 1. The van der Waals surface area contributed by atoms with Crippen LogP contribution in [-0.4, -0.2) is 88.9 Å². The number of hydrogen-bond donors (Lipinski definition) is 2. The van der Waals surface area contributed by atoms with Gasteiger partial charge in [-0.3, -0.25) is 9.59 Å². The molecule has 3 heterocycles. The van der Waals surface area contributed by atoms with Gasteiger partial charge in [0.2, 0.25) is 5.91 Å². The van der Waals surface area contributed by atoms with E-state index in [1.807, 2.05) is 36.4 Å². The van der Waals surface area contributed by atoms with Gasteiger partial charge in [-0.15, -0.1) is 0 Å². The number of carbonyl (C=O) groups is 4. The van der Waals surface area contributed by atoms with Crippen molar-refractivity contribution in [3.63, 3.8) is 0 Å². The lowest BCUT2D eigenvalue weighted by Crippen LogP contribution is -2.69. The first-order valence-electron chi connectivity index (χ1n) is 12.3. The molecule has 0 aromatic heterocycles. The van der Waals surface area contributed by atoms with Gasteiger partial charge in [0.1, 0.15) is 0 Å². The van der Waals surface area contributed by atoms with E-state index in [0.717, 1.165) is 41.6 Å². The number of piperazine rings is 1. The number of rotatable bonds is 4. The molecule has 9 heteroatoms. The van der Waals surface area contributed by atoms with Crippen molar-refractivity contribution >= 4 is 34.6 Å². The van der Waals surface area contributed by atoms with E-state index in [4.69, 9.17) is 0 Å². The van der Waals surface area contributed by atoms with Crippen molar-refractivity contribution in [2.24, 2.45) is 11.8 Å². The molecule has 35 heavy (non-hydrogen) atoms. The molecule has 0 radical (unpaired) electrons. The number of likely N-dealkylation sites (tertiary alicyclic amines) is 1. The third kappa shape index (κ3) is 4.48. The van der Waals surface area contributed by atoms with Gasteiger partial charge in [0, 0.05) is 31.7 Å². The molecule has 0 bridgehead atoms. The molecule has 4 amide bonds. The Kier molecular flexibility index (Phi) is 6.42. The monoisotopic (exact) mass is 478 g/mol. The quantitative estimate of drug-likeness (QED) is 0.651. The summed E-state index contributed by atoms with van der Waals surface area (Å²) in [5, 5.41) is 15.1. The molecule has 3 aliphatic rings. The van der Waals surface area contributed by atoms with Gasteiger partial charge >= 0.3 is 12.0 Å². The maximum atomic E-state index is 13.1. The molecule has 9 nitrogen and oxygen atoms in total. The summed E-state index contributed by atoms with van der Waals surface area (Å²) < 4.78 is 0. The van der Waals surface area contributed by atoms with Crippen LogP contribution in [0.3, 0.4) is 0 Å². The number of benzene rings is 2. The van der Waals surface area contributed by atoms with E-state index in [9.17, 15) is 24.3 Å². The van der Waals surface area contributed by atoms with Crippen LogP contribution in [-0.2, 0) is 9.59 Å². The summed E-state index contributed by atoms with van der Waals surface area (Å²) in [6, 6.07) is 11.8. The van der Waals surface area contributed by atoms with Crippen LogP contribution in [0.15, 0.2) is 42.5 Å². The molecule has 2 N–H and O–H groups in total. The van der Waals surface area contributed by atoms with E-state index in [2.05, 4.69) is 5.32 Å². The highest BCUT2D eigenvalue weighted by atomic mass is 16.4. The van der Waals surface area contributed by atoms with E-state index in [-0.39, 0.29) is 19.0 Å². The standard InChI is InChI=1S/C26H30N4O5/c31-23(20-6-5-18-3-1-2-4-19(18)16-20)28-11-13-29(14-12-28)26(35)30-22(25(33)34)21(24(30)32)15-17-7-9-27-10-8-17/h1-6,16-17,21-22,27H,7-15H2,(H,33,34)/t21-,22+/m1/s1. The normalized spacial score (nSPS) is 23.3. The largest absolute Gasteiger partial charge is 0.480 e. The summed E-state index contributed by atoms with van der Waals surface area (Å²) >= 11 is 0. The van der Waals surface area contributed by atoms with Gasteiger partial charge in [0.25, 0.3) is 5.91 Å². The van der Waals surface area contributed by atoms with Crippen LogP contribution in [0.2, 0.25) is 0 Å². The summed E-state index contributed by atoms with van der Waals surface area (Å²) in [5.41, 5.74) is 0.591. The van der Waals surface area contributed by atoms with E-state index < -0.39 is 29.9 Å². The van der Waals surface area contributed by atoms with Crippen LogP contribution in [0.5, 0.6) is 0 Å². The Morgan fingerprint density at radius 2 is 1.57 bits per heavy atom. The van der Waals surface area contributed by atoms with Gasteiger partial charge < -0.3 is 20.2 Å². The Balaban J connectivity index is 1.20. The number of nitrogens with one attached hydrogen (secondary N) is 1. The van der Waals surface area contributed by atoms with Gasteiger partial charge in [-0.05, 0) is 61.2 Å². The first-order valence-corrected chi connectivity index (χ1v) is 12.3. The fourth-order valence-corrected chi connectivity index (χ4v) is 5.51. The number of hydrogen-bond acceptors (Lipinski definition) is 5. The Morgan fingerprint density at radius 1 is 0.914 bits per heavy atom. The SMILES string of the molecule is O=C(O)[C@@H]1[C@@H](CC2CCNCC2)C(=O)N1C(=O)N1CCN(C(=O)c2ccc3ccccc3c2)CC1. The zero-order chi connectivity index (χ0) is 24.5. The number of fused-ring (bicyclic) bond motifs is 1. The van der Waals surface area contributed by atoms with Gasteiger partial charge in [-0.2, -0.15) is 0 Å². The lowest BCUT2D eigenvalue weighted by Gasteiger charge is -2.47. The van der Waals surface area contributed by atoms with Crippen LogP contribution in [0.4, 0.5) is 4.79 Å². The van der Waals surface area contributed by atoms with Crippen molar-refractivity contribution < 1.29 is 24.3 Å². The number of imide groups is 1. The van der Waals surface area contributed by atoms with Crippen molar-refractivity contribution in [1.82, 2.24) is 20.0 Å². The summed E-state index contributed by atoms with van der Waals surface area (Å²) in [5.74, 6) is -1.98. The Morgan fingerprint density at radius 3 is 2.26 bits per heavy atom. The molecule has 0 spiro atoms. The molecule has 0 unspecified atom stereocenters. The first kappa shape index (κ1) is 23.3. The zero-order valence-corrected chi connectivity index (χ0v) is 19.6. The Hall–Kier alpha value is -3.46. The zero-order valence-electron chi connectivity index (χ0n) is 19.6. The van der Waals surface area contributed by atoms with E-state index in [1.54, 1.807) is 11.0 Å². The first-order chi connectivity index (χ1) is 16.9. The van der Waals surface area contributed by atoms with Crippen molar-refractivity contribution in [2.75, 3.05) is 39.3 Å². The molecule has 5 rings (SSSR count). The number of nitrogens with zero attached hydrogens (tertiary/aromatic N) is 3. The molecule has 2 aromatic carbocycles. The third-order valence-electron chi connectivity index (χ3n) is 7.55. The van der Waals surface area contributed by atoms with Crippen molar-refractivity contribution in [1.29, 1.82) is 0 Å². The van der Waals surface area contributed by atoms with Crippen molar-refractivity contribution in [2.45, 2.75) is 25.3 Å². The van der Waals surface area contributed by atoms with Crippen LogP contribution in [0, 0.1) is 11.8 Å². The molecule has 2 atom stereocenters. The van der Waals surface area contributed by atoms with Crippen molar-refractivity contribution in [3.8, 4) is 0 Å². The Labute approximate surface area is 203 Å². The number of aliphatic carboxylic acids is 1. The maximum absolute atomic E-state index is 13.1. The highest BCUT2D eigenvalue weighted by Crippen LogP contribution is 2.35. The lowest BCUT2D eigenvalue weighted by atomic mass is 9.78. The number of urea groups is 1. The maximum Gasteiger partial charge on any atom is 0.327 e. The van der Waals surface area contributed by atoms with Gasteiger partial charge in [-0.1, -0.05) is 30.3 Å². The second-order valence-corrected chi connectivity index (χ2v) is 9.65. The van der Waals surface area contributed by atoms with E-state index >= 15 is 0 Å². The van der Waals surface area contributed by atoms with Crippen LogP contribution >= 0.6 is 0 Å². The third-order valence-corrected chi connectivity index (χ3v) is 7.55. The van der Waals surface area contributed by atoms with Gasteiger partial charge in [0.15, 0.2) is 6.04 Å². The van der Waals surface area contributed by atoms with Crippen LogP contribution < -0.4 is 5.32 Å². The molecule has 0 saturated carbocycles. The Bertz CT molecular complexity index is 1150. The number of carboxylic acids is 1. The second-order valence-electron chi connectivity index (χ2n) is 9.65. The molecule has 3 fully saturated rings. The minimum absolute atomic E-state index is 0.103. The number of β-lactam (4-membered cyclic amide) rings is 1. The molecular formula is C26H30N4O5. The molecule has 3 aliphatic heterocycles.